The minimum atomic E-state index is -0.475. The fraction of sp³-hybridized carbons (Fsp3) is 0.250. The first-order chi connectivity index (χ1) is 13.6. The van der Waals surface area contributed by atoms with Crippen molar-refractivity contribution in [2.75, 3.05) is 11.9 Å². The SMILES string of the molecule is CCNc1nccc(-c2ccc3[nH]c(=O)c4[nH]cc(C5OC(C)O5)c4c3c2)n1. The molecule has 0 spiro atoms. The first-order valence-corrected chi connectivity index (χ1v) is 9.19. The summed E-state index contributed by atoms with van der Waals surface area (Å²) in [6.07, 6.45) is 2.78. The highest BCUT2D eigenvalue weighted by Gasteiger charge is 2.31. The summed E-state index contributed by atoms with van der Waals surface area (Å²) in [5.74, 6) is 0.583. The molecule has 0 unspecified atom stereocenters. The molecule has 8 heteroatoms. The van der Waals surface area contributed by atoms with Gasteiger partial charge in [-0.05, 0) is 32.0 Å². The van der Waals surface area contributed by atoms with E-state index in [1.807, 2.05) is 38.1 Å². The molecule has 0 amide bonds. The predicted molar refractivity (Wildman–Crippen MR) is 106 cm³/mol. The molecule has 28 heavy (non-hydrogen) atoms. The van der Waals surface area contributed by atoms with Gasteiger partial charge in [0.1, 0.15) is 5.52 Å². The third-order valence-corrected chi connectivity index (χ3v) is 4.85. The van der Waals surface area contributed by atoms with Gasteiger partial charge in [0, 0.05) is 46.4 Å². The van der Waals surface area contributed by atoms with Crippen molar-refractivity contribution in [3.05, 3.63) is 52.6 Å². The molecule has 0 radical (unpaired) electrons. The summed E-state index contributed by atoms with van der Waals surface area (Å²) < 4.78 is 11.3. The quantitative estimate of drug-likeness (QED) is 0.504. The van der Waals surface area contributed by atoms with Gasteiger partial charge in [-0.2, -0.15) is 0 Å². The van der Waals surface area contributed by atoms with Crippen LogP contribution < -0.4 is 10.9 Å². The van der Waals surface area contributed by atoms with Crippen LogP contribution in [0.25, 0.3) is 33.1 Å². The Morgan fingerprint density at radius 1 is 1.25 bits per heavy atom. The Morgan fingerprint density at radius 3 is 2.89 bits per heavy atom. The molecule has 142 valence electrons. The summed E-state index contributed by atoms with van der Waals surface area (Å²) in [5.41, 5.74) is 3.62. The summed E-state index contributed by atoms with van der Waals surface area (Å²) in [6.45, 7) is 4.58. The summed E-state index contributed by atoms with van der Waals surface area (Å²) in [4.78, 5) is 27.3. The molecule has 4 heterocycles. The molecule has 1 saturated heterocycles. The molecule has 0 bridgehead atoms. The summed E-state index contributed by atoms with van der Waals surface area (Å²) in [7, 11) is 0. The lowest BCUT2D eigenvalue weighted by Crippen LogP contribution is -2.31. The van der Waals surface area contributed by atoms with Gasteiger partial charge in [-0.25, -0.2) is 9.97 Å². The normalized spacial score (nSPS) is 19.1. The Hall–Kier alpha value is -3.23. The maximum atomic E-state index is 12.5. The number of anilines is 1. The van der Waals surface area contributed by atoms with Crippen molar-refractivity contribution in [2.24, 2.45) is 0 Å². The van der Waals surface area contributed by atoms with E-state index in [0.29, 0.717) is 11.5 Å². The van der Waals surface area contributed by atoms with Gasteiger partial charge in [0.15, 0.2) is 12.6 Å². The van der Waals surface area contributed by atoms with Crippen LogP contribution >= 0.6 is 0 Å². The molecule has 0 aliphatic carbocycles. The number of aromatic amines is 2. The zero-order chi connectivity index (χ0) is 19.3. The maximum absolute atomic E-state index is 12.5. The Labute approximate surface area is 159 Å². The molecular weight excluding hydrogens is 358 g/mol. The predicted octanol–water partition coefficient (Wildman–Crippen LogP) is 3.29. The van der Waals surface area contributed by atoms with E-state index in [2.05, 4.69) is 25.3 Å². The fourth-order valence-electron chi connectivity index (χ4n) is 3.57. The molecule has 1 aliphatic rings. The third-order valence-electron chi connectivity index (χ3n) is 4.85. The number of hydrogen-bond acceptors (Lipinski definition) is 6. The second kappa shape index (κ2) is 6.43. The van der Waals surface area contributed by atoms with E-state index in [1.165, 1.54) is 0 Å². The fourth-order valence-corrected chi connectivity index (χ4v) is 3.57. The molecule has 3 N–H and O–H groups in total. The largest absolute Gasteiger partial charge is 0.356 e. The van der Waals surface area contributed by atoms with E-state index in [9.17, 15) is 4.79 Å². The molecule has 3 aromatic heterocycles. The van der Waals surface area contributed by atoms with Gasteiger partial charge >= 0.3 is 0 Å². The van der Waals surface area contributed by atoms with Gasteiger partial charge in [-0.1, -0.05) is 6.07 Å². The van der Waals surface area contributed by atoms with Crippen LogP contribution in [0.5, 0.6) is 0 Å². The number of hydrogen-bond donors (Lipinski definition) is 3. The molecule has 1 fully saturated rings. The smallest absolute Gasteiger partial charge is 0.272 e. The van der Waals surface area contributed by atoms with Crippen LogP contribution in [0.3, 0.4) is 0 Å². The third kappa shape index (κ3) is 2.65. The van der Waals surface area contributed by atoms with Gasteiger partial charge in [0.2, 0.25) is 5.95 Å². The number of nitrogens with one attached hydrogen (secondary N) is 3. The first kappa shape index (κ1) is 16.9. The average Bonchev–Trinajstić information content (AvgIpc) is 3.11. The van der Waals surface area contributed by atoms with Gasteiger partial charge in [0.25, 0.3) is 5.56 Å². The molecular formula is C20H19N5O3. The van der Waals surface area contributed by atoms with E-state index in [4.69, 9.17) is 9.47 Å². The zero-order valence-corrected chi connectivity index (χ0v) is 15.4. The number of nitrogens with zero attached hydrogens (tertiary/aromatic N) is 2. The maximum Gasteiger partial charge on any atom is 0.272 e. The van der Waals surface area contributed by atoms with Crippen molar-refractivity contribution in [1.82, 2.24) is 19.9 Å². The lowest BCUT2D eigenvalue weighted by atomic mass is 10.0. The van der Waals surface area contributed by atoms with Crippen LogP contribution in [-0.2, 0) is 9.47 Å². The highest BCUT2D eigenvalue weighted by molar-refractivity contribution is 6.07. The molecule has 0 atom stereocenters. The van der Waals surface area contributed by atoms with E-state index in [0.717, 1.165) is 39.7 Å². The molecule has 4 aromatic rings. The summed E-state index contributed by atoms with van der Waals surface area (Å²) in [5, 5.41) is 4.83. The number of ether oxygens (including phenoxy) is 2. The number of benzene rings is 1. The van der Waals surface area contributed by atoms with Gasteiger partial charge < -0.3 is 24.8 Å². The monoisotopic (exact) mass is 377 g/mol. The number of aromatic nitrogens is 4. The number of H-pyrrole nitrogens is 2. The van der Waals surface area contributed by atoms with Crippen molar-refractivity contribution in [3.63, 3.8) is 0 Å². The lowest BCUT2D eigenvalue weighted by Gasteiger charge is -2.33. The molecule has 0 saturated carbocycles. The lowest BCUT2D eigenvalue weighted by molar-refractivity contribution is -0.382. The van der Waals surface area contributed by atoms with E-state index < -0.39 is 6.29 Å². The van der Waals surface area contributed by atoms with Crippen LogP contribution in [0, 0.1) is 0 Å². The average molecular weight is 377 g/mol. The second-order valence-corrected chi connectivity index (χ2v) is 6.68. The summed E-state index contributed by atoms with van der Waals surface area (Å²) >= 11 is 0. The number of rotatable bonds is 4. The molecule has 8 nitrogen and oxygen atoms in total. The van der Waals surface area contributed by atoms with E-state index in [1.54, 1.807) is 12.4 Å². The molecule has 5 rings (SSSR count). The van der Waals surface area contributed by atoms with Crippen LogP contribution in [-0.4, -0.2) is 32.8 Å². The Balaban J connectivity index is 1.71. The Kier molecular flexibility index (Phi) is 3.88. The van der Waals surface area contributed by atoms with Crippen molar-refractivity contribution < 1.29 is 9.47 Å². The van der Waals surface area contributed by atoms with Crippen molar-refractivity contribution in [2.45, 2.75) is 26.4 Å². The van der Waals surface area contributed by atoms with Crippen molar-refractivity contribution >= 4 is 27.8 Å². The van der Waals surface area contributed by atoms with Crippen molar-refractivity contribution in [3.8, 4) is 11.3 Å². The number of fused-ring (bicyclic) bond motifs is 3. The highest BCUT2D eigenvalue weighted by atomic mass is 16.9. The Bertz CT molecular complexity index is 1240. The van der Waals surface area contributed by atoms with Crippen LogP contribution in [0.1, 0.15) is 25.7 Å². The minimum absolute atomic E-state index is 0.176. The number of pyridine rings is 1. The first-order valence-electron chi connectivity index (χ1n) is 9.19. The minimum Gasteiger partial charge on any atom is -0.356 e. The van der Waals surface area contributed by atoms with E-state index in [-0.39, 0.29) is 11.8 Å². The van der Waals surface area contributed by atoms with Crippen LogP contribution in [0.15, 0.2) is 41.5 Å². The topological polar surface area (TPSA) is 105 Å². The standard InChI is InChI=1S/C20H19N5O3/c1-3-21-20-22-7-6-14(25-20)11-4-5-15-12(8-11)16-13(19-27-10(2)28-19)9-23-17(16)18(26)24-15/h4-10,19,23H,3H2,1-2H3,(H,24,26)(H,21,22,25). The van der Waals surface area contributed by atoms with Gasteiger partial charge in [-0.3, -0.25) is 4.79 Å². The van der Waals surface area contributed by atoms with E-state index >= 15 is 0 Å². The second-order valence-electron chi connectivity index (χ2n) is 6.68. The zero-order valence-electron chi connectivity index (χ0n) is 15.4. The van der Waals surface area contributed by atoms with Gasteiger partial charge in [-0.15, -0.1) is 0 Å². The van der Waals surface area contributed by atoms with Crippen LogP contribution in [0.2, 0.25) is 0 Å². The van der Waals surface area contributed by atoms with Gasteiger partial charge in [0.05, 0.1) is 5.69 Å². The van der Waals surface area contributed by atoms with Crippen molar-refractivity contribution in [1.29, 1.82) is 0 Å². The van der Waals surface area contributed by atoms with Crippen LogP contribution in [0.4, 0.5) is 5.95 Å². The highest BCUT2D eigenvalue weighted by Crippen LogP contribution is 2.38. The Morgan fingerprint density at radius 2 is 2.11 bits per heavy atom. The summed E-state index contributed by atoms with van der Waals surface area (Å²) in [6, 6.07) is 7.71. The molecule has 1 aliphatic heterocycles. The molecule has 1 aromatic carbocycles.